The van der Waals surface area contributed by atoms with Crippen LogP contribution in [0.1, 0.15) is 49.5 Å². The SMILES string of the molecule is CCCn1cc(S(N)(=O)=O)cc1C(=O)NCCCC1CC1. The largest absolute Gasteiger partial charge is 0.351 e. The third-order valence-electron chi connectivity index (χ3n) is 3.67. The predicted molar refractivity (Wildman–Crippen MR) is 80.4 cm³/mol. The molecule has 1 aromatic heterocycles. The summed E-state index contributed by atoms with van der Waals surface area (Å²) in [6.07, 6.45) is 6.97. The Balaban J connectivity index is 2.01. The van der Waals surface area contributed by atoms with Gasteiger partial charge in [-0.1, -0.05) is 19.8 Å². The molecule has 1 fully saturated rings. The van der Waals surface area contributed by atoms with E-state index in [1.165, 1.54) is 25.1 Å². The third kappa shape index (κ3) is 4.57. The molecule has 1 aliphatic carbocycles. The summed E-state index contributed by atoms with van der Waals surface area (Å²) in [5.41, 5.74) is 0.354. The van der Waals surface area contributed by atoms with E-state index in [1.807, 2.05) is 6.92 Å². The van der Waals surface area contributed by atoms with E-state index in [0.717, 1.165) is 25.2 Å². The lowest BCUT2D eigenvalue weighted by Gasteiger charge is -2.08. The zero-order valence-corrected chi connectivity index (χ0v) is 13.2. The number of primary sulfonamides is 1. The molecule has 0 atom stereocenters. The number of nitrogens with two attached hydrogens (primary N) is 1. The van der Waals surface area contributed by atoms with Gasteiger partial charge >= 0.3 is 0 Å². The van der Waals surface area contributed by atoms with Gasteiger partial charge in [0, 0.05) is 19.3 Å². The monoisotopic (exact) mass is 313 g/mol. The Morgan fingerprint density at radius 3 is 2.76 bits per heavy atom. The van der Waals surface area contributed by atoms with Crippen LogP contribution in [0.5, 0.6) is 0 Å². The van der Waals surface area contributed by atoms with E-state index < -0.39 is 10.0 Å². The summed E-state index contributed by atoms with van der Waals surface area (Å²) in [4.78, 5) is 12.2. The van der Waals surface area contributed by atoms with Crippen LogP contribution in [0.25, 0.3) is 0 Å². The summed E-state index contributed by atoms with van der Waals surface area (Å²) in [5.74, 6) is 0.606. The fraction of sp³-hybridized carbons (Fsp3) is 0.643. The van der Waals surface area contributed by atoms with E-state index in [4.69, 9.17) is 5.14 Å². The van der Waals surface area contributed by atoms with E-state index in [-0.39, 0.29) is 10.8 Å². The first kappa shape index (κ1) is 16.0. The van der Waals surface area contributed by atoms with Crippen molar-refractivity contribution in [3.8, 4) is 0 Å². The van der Waals surface area contributed by atoms with Crippen LogP contribution in [-0.2, 0) is 16.6 Å². The summed E-state index contributed by atoms with van der Waals surface area (Å²) < 4.78 is 24.4. The number of nitrogens with one attached hydrogen (secondary N) is 1. The van der Waals surface area contributed by atoms with Crippen LogP contribution in [0.2, 0.25) is 0 Å². The topological polar surface area (TPSA) is 94.2 Å². The Kier molecular flexibility index (Phi) is 5.05. The van der Waals surface area contributed by atoms with Crippen molar-refractivity contribution < 1.29 is 13.2 Å². The number of aromatic nitrogens is 1. The second-order valence-corrected chi connectivity index (χ2v) is 7.20. The quantitative estimate of drug-likeness (QED) is 0.711. The molecule has 1 aromatic rings. The zero-order chi connectivity index (χ0) is 15.5. The van der Waals surface area contributed by atoms with Crippen LogP contribution >= 0.6 is 0 Å². The van der Waals surface area contributed by atoms with Crippen LogP contribution in [0.4, 0.5) is 0 Å². The average Bonchev–Trinajstić information content (AvgIpc) is 3.12. The number of sulfonamides is 1. The standard InChI is InChI=1S/C14H23N3O3S/c1-2-8-17-10-12(21(15,19)20)9-13(17)14(18)16-7-3-4-11-5-6-11/h9-11H,2-8H2,1H3,(H,16,18)(H2,15,19,20). The molecular weight excluding hydrogens is 290 g/mol. The number of amides is 1. The molecule has 0 spiro atoms. The van der Waals surface area contributed by atoms with E-state index in [2.05, 4.69) is 5.32 Å². The van der Waals surface area contributed by atoms with Gasteiger partial charge in [-0.2, -0.15) is 0 Å². The number of nitrogens with zero attached hydrogens (tertiary/aromatic N) is 1. The molecular formula is C14H23N3O3S. The molecule has 7 heteroatoms. The number of hydrogen-bond donors (Lipinski definition) is 2. The van der Waals surface area contributed by atoms with E-state index in [1.54, 1.807) is 4.57 Å². The molecule has 0 bridgehead atoms. The van der Waals surface area contributed by atoms with Crippen molar-refractivity contribution in [1.82, 2.24) is 9.88 Å². The van der Waals surface area contributed by atoms with Gasteiger partial charge in [0.05, 0.1) is 0 Å². The molecule has 0 unspecified atom stereocenters. The van der Waals surface area contributed by atoms with Gasteiger partial charge in [0.15, 0.2) is 0 Å². The van der Waals surface area contributed by atoms with Crippen molar-refractivity contribution in [3.63, 3.8) is 0 Å². The first-order chi connectivity index (χ1) is 9.91. The molecule has 6 nitrogen and oxygen atoms in total. The van der Waals surface area contributed by atoms with Crippen molar-refractivity contribution in [3.05, 3.63) is 18.0 Å². The van der Waals surface area contributed by atoms with Crippen LogP contribution in [0.15, 0.2) is 17.2 Å². The fourth-order valence-electron chi connectivity index (χ4n) is 2.35. The van der Waals surface area contributed by atoms with E-state index in [9.17, 15) is 13.2 Å². The maximum absolute atomic E-state index is 12.2. The number of rotatable bonds is 8. The van der Waals surface area contributed by atoms with Crippen LogP contribution in [0.3, 0.4) is 0 Å². The van der Waals surface area contributed by atoms with Crippen molar-refractivity contribution in [2.24, 2.45) is 11.1 Å². The summed E-state index contributed by atoms with van der Waals surface area (Å²) >= 11 is 0. The summed E-state index contributed by atoms with van der Waals surface area (Å²) in [7, 11) is -3.79. The molecule has 1 amide bonds. The predicted octanol–water partition coefficient (Wildman–Crippen LogP) is 1.47. The lowest BCUT2D eigenvalue weighted by atomic mass is 10.2. The fourth-order valence-corrected chi connectivity index (χ4v) is 2.90. The summed E-state index contributed by atoms with van der Waals surface area (Å²) in [6.45, 7) is 3.17. The molecule has 0 radical (unpaired) electrons. The van der Waals surface area contributed by atoms with Gasteiger partial charge < -0.3 is 9.88 Å². The lowest BCUT2D eigenvalue weighted by molar-refractivity contribution is 0.0943. The molecule has 118 valence electrons. The highest BCUT2D eigenvalue weighted by atomic mass is 32.2. The molecule has 1 saturated carbocycles. The Labute approximate surface area is 125 Å². The molecule has 0 aromatic carbocycles. The number of aryl methyl sites for hydroxylation is 1. The molecule has 1 aliphatic rings. The van der Waals surface area contributed by atoms with Gasteiger partial charge in [0.25, 0.3) is 5.91 Å². The number of carbonyl (C=O) groups excluding carboxylic acids is 1. The minimum atomic E-state index is -3.79. The second-order valence-electron chi connectivity index (χ2n) is 5.64. The van der Waals surface area contributed by atoms with Gasteiger partial charge in [0.2, 0.25) is 10.0 Å². The summed E-state index contributed by atoms with van der Waals surface area (Å²) in [6, 6.07) is 1.35. The van der Waals surface area contributed by atoms with Gasteiger partial charge in [-0.05, 0) is 31.2 Å². The first-order valence-corrected chi connectivity index (χ1v) is 8.97. The van der Waals surface area contributed by atoms with Crippen molar-refractivity contribution in [1.29, 1.82) is 0 Å². The molecule has 3 N–H and O–H groups in total. The number of carbonyl (C=O) groups is 1. The molecule has 0 saturated heterocycles. The summed E-state index contributed by atoms with van der Waals surface area (Å²) in [5, 5.41) is 7.97. The highest BCUT2D eigenvalue weighted by molar-refractivity contribution is 7.89. The Morgan fingerprint density at radius 1 is 1.48 bits per heavy atom. The van der Waals surface area contributed by atoms with Gasteiger partial charge in [0.1, 0.15) is 10.6 Å². The molecule has 2 rings (SSSR count). The maximum atomic E-state index is 12.2. The smallest absolute Gasteiger partial charge is 0.267 e. The highest BCUT2D eigenvalue weighted by Crippen LogP contribution is 2.33. The Bertz CT molecular complexity index is 603. The Hall–Kier alpha value is -1.34. The highest BCUT2D eigenvalue weighted by Gasteiger charge is 2.21. The van der Waals surface area contributed by atoms with Crippen LogP contribution < -0.4 is 10.5 Å². The van der Waals surface area contributed by atoms with Gasteiger partial charge in [-0.25, -0.2) is 13.6 Å². The molecule has 0 aliphatic heterocycles. The molecule has 1 heterocycles. The van der Waals surface area contributed by atoms with E-state index >= 15 is 0 Å². The lowest BCUT2D eigenvalue weighted by Crippen LogP contribution is -2.26. The zero-order valence-electron chi connectivity index (χ0n) is 12.3. The van der Waals surface area contributed by atoms with E-state index in [0.29, 0.717) is 18.8 Å². The second kappa shape index (κ2) is 6.62. The first-order valence-electron chi connectivity index (χ1n) is 7.43. The van der Waals surface area contributed by atoms with Crippen LogP contribution in [0, 0.1) is 5.92 Å². The minimum absolute atomic E-state index is 0.0147. The number of hydrogen-bond acceptors (Lipinski definition) is 3. The van der Waals surface area contributed by atoms with Crippen molar-refractivity contribution in [2.45, 2.75) is 50.5 Å². The van der Waals surface area contributed by atoms with Gasteiger partial charge in [-0.3, -0.25) is 4.79 Å². The molecule has 21 heavy (non-hydrogen) atoms. The maximum Gasteiger partial charge on any atom is 0.267 e. The average molecular weight is 313 g/mol. The van der Waals surface area contributed by atoms with Gasteiger partial charge in [-0.15, -0.1) is 0 Å². The third-order valence-corrected chi connectivity index (χ3v) is 4.55. The van der Waals surface area contributed by atoms with Crippen molar-refractivity contribution >= 4 is 15.9 Å². The van der Waals surface area contributed by atoms with Crippen LogP contribution in [-0.4, -0.2) is 25.4 Å². The Morgan fingerprint density at radius 2 is 2.19 bits per heavy atom. The normalized spacial score (nSPS) is 15.1. The van der Waals surface area contributed by atoms with Crippen molar-refractivity contribution in [2.75, 3.05) is 6.54 Å². The minimum Gasteiger partial charge on any atom is -0.351 e.